The molecule has 0 fully saturated rings. The van der Waals surface area contributed by atoms with Gasteiger partial charge in [-0.1, -0.05) is 46.2 Å². The summed E-state index contributed by atoms with van der Waals surface area (Å²) < 4.78 is 28.2. The fraction of sp³-hybridized carbons (Fsp3) is 0.462. The van der Waals surface area contributed by atoms with Crippen LogP contribution in [0, 0.1) is 11.8 Å². The van der Waals surface area contributed by atoms with E-state index in [1.54, 1.807) is 47.7 Å². The summed E-state index contributed by atoms with van der Waals surface area (Å²) in [4.78, 5) is 40.6. The number of benzene rings is 2. The van der Waals surface area contributed by atoms with Gasteiger partial charge in [0.15, 0.2) is 23.0 Å². The van der Waals surface area contributed by atoms with E-state index in [1.807, 2.05) is 58.0 Å². The van der Waals surface area contributed by atoms with E-state index in [-0.39, 0.29) is 40.8 Å². The number of rotatable bonds is 14. The minimum Gasteiger partial charge on any atom is -0.493 e. The number of amides is 2. The Labute approximate surface area is 295 Å². The Balaban J connectivity index is 1.82. The first-order valence-electron chi connectivity index (χ1n) is 17.0. The van der Waals surface area contributed by atoms with Crippen molar-refractivity contribution < 1.29 is 33.3 Å². The zero-order valence-electron chi connectivity index (χ0n) is 30.8. The number of ether oxygens (including phenoxy) is 5. The molecule has 3 aromatic rings. The monoisotopic (exact) mass is 689 g/mol. The second-order valence-corrected chi connectivity index (χ2v) is 12.9. The van der Waals surface area contributed by atoms with Crippen LogP contribution < -0.4 is 45.1 Å². The number of carbonyl (C=O) groups excluding carboxylic acids is 2. The van der Waals surface area contributed by atoms with Crippen LogP contribution in [0.4, 0.5) is 5.69 Å². The molecule has 2 amide bonds. The molecule has 0 heterocycles. The van der Waals surface area contributed by atoms with Gasteiger partial charge in [0, 0.05) is 12.5 Å². The number of anilines is 1. The SMILES string of the molecule is CC[C@@H](C)[C@H](Nc1ccc2c(cc1=O)[C@@H](NC(C)=O)CCc1cc(OC)c(OC)c(OC)c1-2)C(=O)N[C@H](c1ccc(OC)c(OC)c1)C(C)C. The van der Waals surface area contributed by atoms with Crippen molar-refractivity contribution in [1.29, 1.82) is 0 Å². The van der Waals surface area contributed by atoms with Gasteiger partial charge in [0.2, 0.25) is 23.0 Å². The average molecular weight is 690 g/mol. The molecule has 0 aliphatic heterocycles. The minimum absolute atomic E-state index is 0.0475. The van der Waals surface area contributed by atoms with E-state index < -0.39 is 12.1 Å². The van der Waals surface area contributed by atoms with Gasteiger partial charge in [0.05, 0.1) is 53.3 Å². The van der Waals surface area contributed by atoms with Crippen LogP contribution in [0.15, 0.2) is 47.3 Å². The van der Waals surface area contributed by atoms with E-state index in [2.05, 4.69) is 16.0 Å². The van der Waals surface area contributed by atoms with Crippen LogP contribution in [0.5, 0.6) is 28.7 Å². The molecule has 1 aliphatic rings. The van der Waals surface area contributed by atoms with Gasteiger partial charge in [-0.2, -0.15) is 0 Å². The molecule has 4 rings (SSSR count). The Hall–Kier alpha value is -4.93. The lowest BCUT2D eigenvalue weighted by Crippen LogP contribution is -2.46. The highest BCUT2D eigenvalue weighted by Crippen LogP contribution is 2.50. The van der Waals surface area contributed by atoms with Crippen molar-refractivity contribution in [2.45, 2.75) is 72.0 Å². The van der Waals surface area contributed by atoms with Gasteiger partial charge in [0.25, 0.3) is 0 Å². The Morgan fingerprint density at radius 2 is 1.52 bits per heavy atom. The quantitative estimate of drug-likeness (QED) is 0.180. The molecule has 0 aromatic heterocycles. The molecular weight excluding hydrogens is 638 g/mol. The van der Waals surface area contributed by atoms with E-state index in [0.717, 1.165) is 16.7 Å². The number of nitrogens with one attached hydrogen (secondary N) is 3. The minimum atomic E-state index is -0.728. The van der Waals surface area contributed by atoms with Crippen molar-refractivity contribution in [3.05, 3.63) is 69.4 Å². The van der Waals surface area contributed by atoms with Crippen molar-refractivity contribution >= 4 is 17.5 Å². The molecule has 0 saturated heterocycles. The van der Waals surface area contributed by atoms with Gasteiger partial charge in [-0.25, -0.2) is 0 Å². The lowest BCUT2D eigenvalue weighted by molar-refractivity contribution is -0.124. The van der Waals surface area contributed by atoms with E-state index in [0.29, 0.717) is 59.1 Å². The van der Waals surface area contributed by atoms with Crippen molar-refractivity contribution in [2.75, 3.05) is 40.9 Å². The molecule has 0 unspecified atom stereocenters. The van der Waals surface area contributed by atoms with E-state index in [1.165, 1.54) is 6.92 Å². The van der Waals surface area contributed by atoms with Gasteiger partial charge < -0.3 is 39.6 Å². The zero-order chi connectivity index (χ0) is 36.7. The molecule has 0 spiro atoms. The molecule has 4 atom stereocenters. The summed E-state index contributed by atoms with van der Waals surface area (Å²) in [5.74, 6) is 2.05. The standard InChI is InChI=1S/C39H51N3O8/c1-11-22(4)36(39(45)42-35(21(2)3)25-13-17-31(46-6)32(19-25)47-7)41-29-16-14-26-27(20-30(29)44)28(40-23(5)43)15-12-24-18-33(48-8)37(49-9)38(50-10)34(24)26/h13-14,16-22,28,35-36H,11-12,15H2,1-10H3,(H,40,43)(H,41,44)(H,42,45)/t22-,28+,35+,36+/m1/s1. The summed E-state index contributed by atoms with van der Waals surface area (Å²) in [6.45, 7) is 9.52. The van der Waals surface area contributed by atoms with Gasteiger partial charge in [0.1, 0.15) is 6.04 Å². The maximum atomic E-state index is 14.1. The Morgan fingerprint density at radius 3 is 2.10 bits per heavy atom. The van der Waals surface area contributed by atoms with Crippen LogP contribution in [0.25, 0.3) is 11.1 Å². The first kappa shape index (κ1) is 37.9. The predicted molar refractivity (Wildman–Crippen MR) is 195 cm³/mol. The van der Waals surface area contributed by atoms with Crippen molar-refractivity contribution in [3.8, 4) is 39.9 Å². The molecule has 50 heavy (non-hydrogen) atoms. The summed E-state index contributed by atoms with van der Waals surface area (Å²) in [6.07, 6.45) is 1.81. The molecular formula is C39H51N3O8. The third-order valence-electron chi connectivity index (χ3n) is 9.45. The largest absolute Gasteiger partial charge is 0.493 e. The van der Waals surface area contributed by atoms with Gasteiger partial charge in [-0.05, 0) is 77.3 Å². The topological polar surface area (TPSA) is 133 Å². The van der Waals surface area contributed by atoms with Crippen LogP contribution in [-0.4, -0.2) is 53.4 Å². The molecule has 0 saturated carbocycles. The second-order valence-electron chi connectivity index (χ2n) is 12.9. The number of methoxy groups -OCH3 is 5. The second kappa shape index (κ2) is 16.7. The number of carbonyl (C=O) groups is 2. The van der Waals surface area contributed by atoms with Crippen molar-refractivity contribution in [1.82, 2.24) is 10.6 Å². The van der Waals surface area contributed by atoms with Crippen LogP contribution in [0.1, 0.15) is 76.2 Å². The lowest BCUT2D eigenvalue weighted by atomic mass is 9.93. The third kappa shape index (κ3) is 7.93. The molecule has 11 heteroatoms. The third-order valence-corrected chi connectivity index (χ3v) is 9.45. The highest BCUT2D eigenvalue weighted by Gasteiger charge is 2.31. The fourth-order valence-corrected chi connectivity index (χ4v) is 6.62. The summed E-state index contributed by atoms with van der Waals surface area (Å²) >= 11 is 0. The molecule has 3 aromatic carbocycles. The van der Waals surface area contributed by atoms with Gasteiger partial charge in [-0.15, -0.1) is 0 Å². The summed E-state index contributed by atoms with van der Waals surface area (Å²) in [5, 5.41) is 9.58. The maximum absolute atomic E-state index is 14.1. The first-order chi connectivity index (χ1) is 23.9. The number of hydrogen-bond acceptors (Lipinski definition) is 9. The highest BCUT2D eigenvalue weighted by atomic mass is 16.5. The summed E-state index contributed by atoms with van der Waals surface area (Å²) in [7, 11) is 7.83. The van der Waals surface area contributed by atoms with Crippen molar-refractivity contribution in [2.24, 2.45) is 11.8 Å². The molecule has 11 nitrogen and oxygen atoms in total. The molecule has 0 bridgehead atoms. The van der Waals surface area contributed by atoms with Gasteiger partial charge >= 0.3 is 0 Å². The number of hydrogen-bond donors (Lipinski definition) is 3. The van der Waals surface area contributed by atoms with Crippen LogP contribution in [0.2, 0.25) is 0 Å². The number of fused-ring (bicyclic) bond motifs is 3. The molecule has 1 aliphatic carbocycles. The summed E-state index contributed by atoms with van der Waals surface area (Å²) in [5.41, 5.74) is 3.84. The average Bonchev–Trinajstić information content (AvgIpc) is 3.35. The maximum Gasteiger partial charge on any atom is 0.243 e. The van der Waals surface area contributed by atoms with Gasteiger partial charge in [-0.3, -0.25) is 14.4 Å². The zero-order valence-corrected chi connectivity index (χ0v) is 30.8. The molecule has 0 radical (unpaired) electrons. The Kier molecular flexibility index (Phi) is 12.6. The highest BCUT2D eigenvalue weighted by molar-refractivity contribution is 5.86. The lowest BCUT2D eigenvalue weighted by Gasteiger charge is -2.29. The van der Waals surface area contributed by atoms with E-state index in [4.69, 9.17) is 23.7 Å². The predicted octanol–water partition coefficient (Wildman–Crippen LogP) is 6.22. The number of aryl methyl sites for hydroxylation is 1. The van der Waals surface area contributed by atoms with E-state index >= 15 is 0 Å². The first-order valence-corrected chi connectivity index (χ1v) is 17.0. The van der Waals surface area contributed by atoms with E-state index in [9.17, 15) is 14.4 Å². The molecule has 3 N–H and O–H groups in total. The Morgan fingerprint density at radius 1 is 0.840 bits per heavy atom. The summed E-state index contributed by atoms with van der Waals surface area (Å²) in [6, 6.07) is 11.1. The van der Waals surface area contributed by atoms with Crippen LogP contribution >= 0.6 is 0 Å². The van der Waals surface area contributed by atoms with Crippen molar-refractivity contribution in [3.63, 3.8) is 0 Å². The fourth-order valence-electron chi connectivity index (χ4n) is 6.62. The Bertz CT molecular complexity index is 1760. The normalized spacial score (nSPS) is 15.3. The van der Waals surface area contributed by atoms with Crippen LogP contribution in [-0.2, 0) is 16.0 Å². The van der Waals surface area contributed by atoms with Crippen LogP contribution in [0.3, 0.4) is 0 Å². The smallest absolute Gasteiger partial charge is 0.243 e. The molecule has 270 valence electrons.